The maximum absolute atomic E-state index is 5.36. The highest BCUT2D eigenvalue weighted by Gasteiger charge is 2.10. The molecule has 0 amide bonds. The summed E-state index contributed by atoms with van der Waals surface area (Å²) in [5, 5.41) is 0.902. The highest BCUT2D eigenvalue weighted by atomic mass is 16.5. The van der Waals surface area contributed by atoms with Gasteiger partial charge in [-0.1, -0.05) is 0 Å². The molecule has 0 aliphatic heterocycles. The van der Waals surface area contributed by atoms with Crippen LogP contribution in [0.5, 0.6) is 11.5 Å². The van der Waals surface area contributed by atoms with E-state index in [9.17, 15) is 0 Å². The van der Waals surface area contributed by atoms with Gasteiger partial charge in [-0.2, -0.15) is 0 Å². The predicted molar refractivity (Wildman–Crippen MR) is 75.9 cm³/mol. The number of methoxy groups -OCH3 is 2. The van der Waals surface area contributed by atoms with Crippen molar-refractivity contribution in [3.8, 4) is 22.9 Å². The number of fused-ring (bicyclic) bond motifs is 1. The van der Waals surface area contributed by atoms with E-state index in [1.165, 1.54) is 0 Å². The smallest absolute Gasteiger partial charge is 0.145 e. The molecule has 0 aliphatic rings. The van der Waals surface area contributed by atoms with Crippen LogP contribution in [0.1, 0.15) is 0 Å². The lowest BCUT2D eigenvalue weighted by molar-refractivity contribution is 0.410. The van der Waals surface area contributed by atoms with Gasteiger partial charge in [-0.15, -0.1) is 0 Å². The minimum Gasteiger partial charge on any atom is -0.496 e. The van der Waals surface area contributed by atoms with Gasteiger partial charge in [0, 0.05) is 17.8 Å². The van der Waals surface area contributed by atoms with Gasteiger partial charge >= 0.3 is 0 Å². The summed E-state index contributed by atoms with van der Waals surface area (Å²) in [6, 6.07) is 7.56. The average molecular weight is 267 g/mol. The lowest BCUT2D eigenvalue weighted by Gasteiger charge is -2.10. The lowest BCUT2D eigenvalue weighted by Crippen LogP contribution is -1.94. The number of hydrogen-bond donors (Lipinski definition) is 0. The predicted octanol–water partition coefficient (Wildman–Crippen LogP) is 2.71. The third-order valence-corrected chi connectivity index (χ3v) is 3.05. The Morgan fingerprint density at radius 2 is 1.65 bits per heavy atom. The average Bonchev–Trinajstić information content (AvgIpc) is 2.54. The number of ether oxygens (including phenoxy) is 2. The highest BCUT2D eigenvalue weighted by Crippen LogP contribution is 2.33. The van der Waals surface area contributed by atoms with E-state index in [1.54, 1.807) is 32.8 Å². The van der Waals surface area contributed by atoms with E-state index >= 15 is 0 Å². The number of benzene rings is 1. The third kappa shape index (κ3) is 2.03. The fourth-order valence-electron chi connectivity index (χ4n) is 2.08. The first-order chi connectivity index (χ1) is 9.83. The van der Waals surface area contributed by atoms with Gasteiger partial charge in [-0.05, 0) is 24.3 Å². The molecule has 20 heavy (non-hydrogen) atoms. The quantitative estimate of drug-likeness (QED) is 0.730. The van der Waals surface area contributed by atoms with Crippen molar-refractivity contribution in [3.63, 3.8) is 0 Å². The Morgan fingerprint density at radius 1 is 0.850 bits per heavy atom. The van der Waals surface area contributed by atoms with Gasteiger partial charge in [0.1, 0.15) is 22.7 Å². The summed E-state index contributed by atoms with van der Waals surface area (Å²) < 4.78 is 10.7. The number of hydrogen-bond acceptors (Lipinski definition) is 5. The third-order valence-electron chi connectivity index (χ3n) is 3.05. The Labute approximate surface area is 116 Å². The zero-order valence-electron chi connectivity index (χ0n) is 11.2. The molecule has 0 fully saturated rings. The van der Waals surface area contributed by atoms with E-state index in [-0.39, 0.29) is 0 Å². The van der Waals surface area contributed by atoms with Crippen molar-refractivity contribution in [2.24, 2.45) is 0 Å². The molecule has 0 saturated heterocycles. The second-order valence-electron chi connectivity index (χ2n) is 4.15. The van der Waals surface area contributed by atoms with Gasteiger partial charge in [0.15, 0.2) is 0 Å². The maximum atomic E-state index is 5.36. The van der Waals surface area contributed by atoms with Gasteiger partial charge in [0.2, 0.25) is 0 Å². The second kappa shape index (κ2) is 5.13. The van der Waals surface area contributed by atoms with Crippen LogP contribution in [0.3, 0.4) is 0 Å². The summed E-state index contributed by atoms with van der Waals surface area (Å²) in [6.45, 7) is 0. The number of nitrogens with zero attached hydrogens (tertiary/aromatic N) is 3. The van der Waals surface area contributed by atoms with Crippen molar-refractivity contribution in [1.82, 2.24) is 15.0 Å². The summed E-state index contributed by atoms with van der Waals surface area (Å²) in [7, 11) is 3.26. The molecule has 2 aromatic heterocycles. The Balaban J connectivity index is 2.24. The van der Waals surface area contributed by atoms with Crippen LogP contribution in [0.25, 0.3) is 22.3 Å². The van der Waals surface area contributed by atoms with E-state index in [0.717, 1.165) is 28.0 Å². The Hall–Kier alpha value is -2.69. The zero-order chi connectivity index (χ0) is 13.9. The van der Waals surface area contributed by atoms with Crippen LogP contribution in [0.4, 0.5) is 0 Å². The van der Waals surface area contributed by atoms with Crippen molar-refractivity contribution in [1.29, 1.82) is 0 Å². The van der Waals surface area contributed by atoms with Gasteiger partial charge < -0.3 is 9.47 Å². The Bertz CT molecular complexity index is 745. The van der Waals surface area contributed by atoms with Crippen molar-refractivity contribution in [2.45, 2.75) is 0 Å². The molecule has 0 bridgehead atoms. The normalized spacial score (nSPS) is 10.5. The van der Waals surface area contributed by atoms with Crippen molar-refractivity contribution >= 4 is 10.9 Å². The van der Waals surface area contributed by atoms with Crippen molar-refractivity contribution in [3.05, 3.63) is 42.9 Å². The Morgan fingerprint density at radius 3 is 2.35 bits per heavy atom. The SMILES string of the molecule is COc1ccc(OC)c2nc(-c3cnccn3)ccc12. The lowest BCUT2D eigenvalue weighted by atomic mass is 10.1. The summed E-state index contributed by atoms with van der Waals surface area (Å²) in [6.07, 6.45) is 4.96. The maximum Gasteiger partial charge on any atom is 0.145 e. The van der Waals surface area contributed by atoms with E-state index in [4.69, 9.17) is 9.47 Å². The molecule has 1 aromatic carbocycles. The molecule has 0 atom stereocenters. The summed E-state index contributed by atoms with van der Waals surface area (Å²) in [5.74, 6) is 1.46. The van der Waals surface area contributed by atoms with E-state index in [0.29, 0.717) is 5.75 Å². The summed E-state index contributed by atoms with van der Waals surface area (Å²) >= 11 is 0. The summed E-state index contributed by atoms with van der Waals surface area (Å²) in [5.41, 5.74) is 2.21. The standard InChI is InChI=1S/C15H13N3O2/c1-19-13-5-6-14(20-2)15-10(13)3-4-11(18-15)12-9-16-7-8-17-12/h3-9H,1-2H3. The molecule has 0 saturated carbocycles. The molecular formula is C15H13N3O2. The monoisotopic (exact) mass is 267 g/mol. The molecule has 0 spiro atoms. The minimum atomic E-state index is 0.701. The van der Waals surface area contributed by atoms with Gasteiger partial charge in [0.25, 0.3) is 0 Å². The fraction of sp³-hybridized carbons (Fsp3) is 0.133. The molecule has 5 nitrogen and oxygen atoms in total. The van der Waals surface area contributed by atoms with Crippen LogP contribution in [-0.4, -0.2) is 29.2 Å². The highest BCUT2D eigenvalue weighted by molar-refractivity contribution is 5.91. The topological polar surface area (TPSA) is 57.1 Å². The molecular weight excluding hydrogens is 254 g/mol. The molecule has 0 radical (unpaired) electrons. The minimum absolute atomic E-state index is 0.701. The van der Waals surface area contributed by atoms with Crippen molar-refractivity contribution in [2.75, 3.05) is 14.2 Å². The van der Waals surface area contributed by atoms with Crippen molar-refractivity contribution < 1.29 is 9.47 Å². The van der Waals surface area contributed by atoms with Gasteiger partial charge in [-0.25, -0.2) is 4.98 Å². The molecule has 3 rings (SSSR count). The Kier molecular flexibility index (Phi) is 3.16. The molecule has 2 heterocycles. The first-order valence-electron chi connectivity index (χ1n) is 6.11. The van der Waals surface area contributed by atoms with E-state index < -0.39 is 0 Å². The van der Waals surface area contributed by atoms with Crippen LogP contribution in [-0.2, 0) is 0 Å². The van der Waals surface area contributed by atoms with Crippen LogP contribution in [0.15, 0.2) is 42.9 Å². The van der Waals surface area contributed by atoms with Crippen LogP contribution in [0, 0.1) is 0 Å². The van der Waals surface area contributed by atoms with Crippen LogP contribution >= 0.6 is 0 Å². The molecule has 3 aromatic rings. The van der Waals surface area contributed by atoms with Gasteiger partial charge in [-0.3, -0.25) is 9.97 Å². The number of rotatable bonds is 3. The zero-order valence-corrected chi connectivity index (χ0v) is 11.2. The molecule has 5 heteroatoms. The van der Waals surface area contributed by atoms with E-state index in [1.807, 2.05) is 24.3 Å². The second-order valence-corrected chi connectivity index (χ2v) is 4.15. The van der Waals surface area contributed by atoms with Gasteiger partial charge in [0.05, 0.1) is 26.1 Å². The molecule has 0 unspecified atom stereocenters. The first-order valence-corrected chi connectivity index (χ1v) is 6.11. The number of aromatic nitrogens is 3. The fourth-order valence-corrected chi connectivity index (χ4v) is 2.08. The summed E-state index contributed by atoms with van der Waals surface area (Å²) in [4.78, 5) is 12.9. The molecule has 100 valence electrons. The first kappa shape index (κ1) is 12.3. The van der Waals surface area contributed by atoms with E-state index in [2.05, 4.69) is 15.0 Å². The van der Waals surface area contributed by atoms with Crippen LogP contribution < -0.4 is 9.47 Å². The molecule has 0 aliphatic carbocycles. The largest absolute Gasteiger partial charge is 0.496 e. The molecule has 0 N–H and O–H groups in total. The van der Waals surface area contributed by atoms with Crippen LogP contribution in [0.2, 0.25) is 0 Å². The number of pyridine rings is 1.